The van der Waals surface area contributed by atoms with Gasteiger partial charge in [-0.25, -0.2) is 4.98 Å². The first kappa shape index (κ1) is 16.3. The van der Waals surface area contributed by atoms with E-state index in [1.54, 1.807) is 0 Å². The zero-order valence-electron chi connectivity index (χ0n) is 10.5. The minimum absolute atomic E-state index is 0.165. The molecule has 0 fully saturated rings. The molecule has 1 aromatic rings. The highest BCUT2D eigenvalue weighted by molar-refractivity contribution is 5.53. The number of fused-ring (bicyclic) bond motifs is 1. The topological polar surface area (TPSA) is 124 Å². The van der Waals surface area contributed by atoms with Crippen molar-refractivity contribution in [3.05, 3.63) is 39.4 Å². The maximum absolute atomic E-state index is 11.9. The van der Waals surface area contributed by atoms with E-state index in [9.17, 15) is 4.79 Å². The Balaban J connectivity index is 0.000000347. The van der Waals surface area contributed by atoms with Crippen LogP contribution in [-0.2, 0) is 0 Å². The molecule has 0 unspecified atom stereocenters. The van der Waals surface area contributed by atoms with Crippen LogP contribution in [0.3, 0.4) is 0 Å². The van der Waals surface area contributed by atoms with Crippen molar-refractivity contribution < 1.29 is 28.9 Å². The Morgan fingerprint density at radius 3 is 2.40 bits per heavy atom. The van der Waals surface area contributed by atoms with Crippen molar-refractivity contribution in [1.82, 2.24) is 9.55 Å². The van der Waals surface area contributed by atoms with Gasteiger partial charge in [-0.1, -0.05) is 25.8 Å². The van der Waals surface area contributed by atoms with E-state index in [2.05, 4.69) is 24.7 Å². The lowest BCUT2D eigenvalue weighted by molar-refractivity contribution is -1.92. The molecule has 0 aromatic carbocycles. The average Bonchev–Trinajstić information content (AvgIpc) is 2.46. The minimum Gasteiger partial charge on any atom is -0.268 e. The molecule has 0 saturated heterocycles. The van der Waals surface area contributed by atoms with Crippen molar-refractivity contribution in [2.45, 2.75) is 12.8 Å². The third-order valence-electron chi connectivity index (χ3n) is 2.47. The fraction of sp³-hybridized carbons (Fsp3) is 0.167. The van der Waals surface area contributed by atoms with Crippen LogP contribution in [0.1, 0.15) is 18.7 Å². The van der Waals surface area contributed by atoms with Crippen LogP contribution in [0.5, 0.6) is 0 Å². The number of hydrogen-bond donors (Lipinski definition) is 1. The summed E-state index contributed by atoms with van der Waals surface area (Å²) >= 11 is 0. The number of allylic oxidation sites excluding steroid dienone is 2. The molecule has 20 heavy (non-hydrogen) atoms. The molecule has 0 bridgehead atoms. The van der Waals surface area contributed by atoms with Gasteiger partial charge in [-0.3, -0.25) is 9.36 Å². The maximum atomic E-state index is 11.9. The molecular weight excluding hydrogens is 288 g/mol. The van der Waals surface area contributed by atoms with Gasteiger partial charge >= 0.3 is 0 Å². The van der Waals surface area contributed by atoms with E-state index in [0.717, 1.165) is 18.5 Å². The minimum atomic E-state index is -4.69. The lowest BCUT2D eigenvalue weighted by Gasteiger charge is -2.08. The van der Waals surface area contributed by atoms with Gasteiger partial charge in [0.25, 0.3) is 5.56 Å². The molecule has 108 valence electrons. The molecule has 0 amide bonds. The molecule has 0 radical (unpaired) electrons. The first-order valence-corrected chi connectivity index (χ1v) is 6.66. The quantitative estimate of drug-likeness (QED) is 0.524. The summed E-state index contributed by atoms with van der Waals surface area (Å²) in [5.74, 6) is 0.597. The Bertz CT molecular complexity index is 696. The van der Waals surface area contributed by atoms with Crippen LogP contribution in [0.4, 0.5) is 0 Å². The van der Waals surface area contributed by atoms with Gasteiger partial charge in [-0.2, -0.15) is 14.0 Å². The van der Waals surface area contributed by atoms with Crippen molar-refractivity contribution in [3.63, 3.8) is 0 Å². The van der Waals surface area contributed by atoms with Crippen LogP contribution in [0.15, 0.2) is 17.4 Å². The second-order valence-corrected chi connectivity index (χ2v) is 4.73. The van der Waals surface area contributed by atoms with Gasteiger partial charge in [0.05, 0.1) is 25.5 Å². The first-order valence-electron chi connectivity index (χ1n) is 5.40. The Hall–Kier alpha value is -1.77. The summed E-state index contributed by atoms with van der Waals surface area (Å²) in [4.78, 5) is 16.1. The molecule has 2 rings (SSSR count). The van der Waals surface area contributed by atoms with Crippen molar-refractivity contribution in [2.24, 2.45) is 0 Å². The Labute approximate surface area is 116 Å². The number of halogens is 1. The summed E-state index contributed by atoms with van der Waals surface area (Å²) in [6, 6.07) is 0. The molecule has 1 N–H and O–H groups in total. The van der Waals surface area contributed by atoms with Crippen molar-refractivity contribution >= 4 is 24.9 Å². The summed E-state index contributed by atoms with van der Waals surface area (Å²) in [6.07, 6.45) is 5.45. The molecule has 0 atom stereocenters. The SMILES string of the molecule is C=C1CCC=Cc2nc(=C)c(=C)c(=O)n21.[O-][Cl+3]([O-])([O-])O. The molecule has 1 aliphatic rings. The second-order valence-electron chi connectivity index (χ2n) is 3.94. The number of hydrogen-bond acceptors (Lipinski definition) is 6. The van der Waals surface area contributed by atoms with Gasteiger partial charge in [0, 0.05) is 5.70 Å². The fourth-order valence-corrected chi connectivity index (χ4v) is 1.59. The third-order valence-corrected chi connectivity index (χ3v) is 2.47. The van der Waals surface area contributed by atoms with E-state index >= 15 is 0 Å². The zero-order chi connectivity index (χ0) is 15.5. The lowest BCUT2D eigenvalue weighted by Crippen LogP contribution is -2.58. The number of nitrogens with zero attached hydrogens (tertiary/aromatic N) is 2. The molecular formula is C12H13ClN2O5. The predicted octanol–water partition coefficient (Wildman–Crippen LogP) is -3.78. The van der Waals surface area contributed by atoms with Gasteiger partial charge in [0.15, 0.2) is 0 Å². The second kappa shape index (κ2) is 6.12. The van der Waals surface area contributed by atoms with E-state index in [-0.39, 0.29) is 5.56 Å². The van der Waals surface area contributed by atoms with Gasteiger partial charge in [0.1, 0.15) is 5.82 Å². The highest BCUT2D eigenvalue weighted by Crippen LogP contribution is 2.14. The zero-order valence-corrected chi connectivity index (χ0v) is 11.3. The number of aromatic nitrogens is 2. The summed E-state index contributed by atoms with van der Waals surface area (Å²) in [5.41, 5.74) is 0.596. The van der Waals surface area contributed by atoms with Gasteiger partial charge in [-0.15, -0.1) is 0 Å². The Morgan fingerprint density at radius 2 is 1.85 bits per heavy atom. The standard InChI is InChI=1S/C12H12N2O.ClHO4/c1-8-6-4-5-7-11-13-10(3)9(2)12(15)14(8)11;2-1(3,4)5/h5,7H,1-4,6H2;(H,2,3,4,5). The van der Waals surface area contributed by atoms with Crippen molar-refractivity contribution in [3.8, 4) is 0 Å². The van der Waals surface area contributed by atoms with Crippen LogP contribution in [-0.4, -0.2) is 14.2 Å². The predicted molar refractivity (Wildman–Crippen MR) is 64.6 cm³/mol. The van der Waals surface area contributed by atoms with Crippen LogP contribution in [0, 0.1) is 10.2 Å². The molecule has 0 saturated carbocycles. The monoisotopic (exact) mass is 300 g/mol. The van der Waals surface area contributed by atoms with Gasteiger partial charge in [-0.05, 0) is 18.9 Å². The van der Waals surface area contributed by atoms with E-state index in [1.807, 2.05) is 12.2 Å². The Kier molecular flexibility index (Phi) is 4.98. The lowest BCUT2D eigenvalue weighted by atomic mass is 10.2. The van der Waals surface area contributed by atoms with E-state index in [0.29, 0.717) is 16.4 Å². The molecule has 1 aromatic heterocycles. The highest BCUT2D eigenvalue weighted by Gasteiger charge is 2.10. The molecule has 8 heteroatoms. The molecule has 1 aliphatic heterocycles. The largest absolute Gasteiger partial charge is 0.268 e. The summed E-state index contributed by atoms with van der Waals surface area (Å²) in [5, 5.41) is 0.779. The normalized spacial score (nSPS) is 14.1. The fourth-order valence-electron chi connectivity index (χ4n) is 1.59. The van der Waals surface area contributed by atoms with Crippen LogP contribution < -0.4 is 30.1 Å². The Morgan fingerprint density at radius 1 is 1.30 bits per heavy atom. The van der Waals surface area contributed by atoms with Crippen LogP contribution >= 0.6 is 0 Å². The molecule has 2 heterocycles. The summed E-state index contributed by atoms with van der Waals surface area (Å²) in [6.45, 7) is 11.2. The van der Waals surface area contributed by atoms with E-state index in [4.69, 9.17) is 18.6 Å². The summed E-state index contributed by atoms with van der Waals surface area (Å²) in [7, 11) is -4.69. The highest BCUT2D eigenvalue weighted by atomic mass is 35.7. The molecule has 0 aliphatic carbocycles. The van der Waals surface area contributed by atoms with E-state index in [1.165, 1.54) is 4.57 Å². The van der Waals surface area contributed by atoms with Gasteiger partial charge < -0.3 is 0 Å². The van der Waals surface area contributed by atoms with Crippen molar-refractivity contribution in [2.75, 3.05) is 0 Å². The van der Waals surface area contributed by atoms with Crippen molar-refractivity contribution in [1.29, 1.82) is 0 Å². The third kappa shape index (κ3) is 4.41. The van der Waals surface area contributed by atoms with E-state index < -0.39 is 10.2 Å². The summed E-state index contributed by atoms with van der Waals surface area (Å²) < 4.78 is 34.2. The average molecular weight is 301 g/mol. The smallest absolute Gasteiger partial charge is 0.265 e. The molecule has 0 spiro atoms. The van der Waals surface area contributed by atoms with Gasteiger partial charge in [0.2, 0.25) is 0 Å². The van der Waals surface area contributed by atoms with Crippen LogP contribution in [0.25, 0.3) is 24.9 Å². The number of rotatable bonds is 0. The molecule has 7 nitrogen and oxygen atoms in total. The van der Waals surface area contributed by atoms with Crippen LogP contribution in [0.2, 0.25) is 0 Å². The maximum Gasteiger partial charge on any atom is 0.265 e. The first-order chi connectivity index (χ1) is 9.11.